The molecule has 3 saturated heterocycles. The lowest BCUT2D eigenvalue weighted by Gasteiger charge is -2.32. The smallest absolute Gasteiger partial charge is 0.407 e. The zero-order valence-electron chi connectivity index (χ0n) is 44.6. The number of piperidine rings is 1. The van der Waals surface area contributed by atoms with Gasteiger partial charge in [0, 0.05) is 62.3 Å². The summed E-state index contributed by atoms with van der Waals surface area (Å²) in [5, 5.41) is 21.6. The van der Waals surface area contributed by atoms with Crippen molar-refractivity contribution in [3.8, 4) is 5.75 Å². The fourth-order valence-corrected chi connectivity index (χ4v) is 10.7. The van der Waals surface area contributed by atoms with Crippen LogP contribution in [0, 0.1) is 5.92 Å². The SMILES string of the molecule is NCCNC(=O)O[C@@H]1C[C@H]2C(=O)N[C@@H](Cc3ccccc3)C(=O)N[C@H](Cc3c[nH]c4ccccc34)C(=O)N[C@@H](CC3CCNCC3)C(=O)N[C@@H](Cc3ccc(OCc4ccccc4)cc3)C(=O)N[C@@H](Cc3ccccc3)C(=O)N2C1. The van der Waals surface area contributed by atoms with E-state index in [1.165, 1.54) is 4.90 Å². The zero-order chi connectivity index (χ0) is 55.8. The van der Waals surface area contributed by atoms with Gasteiger partial charge >= 0.3 is 6.09 Å². The van der Waals surface area contributed by atoms with E-state index in [2.05, 4.69) is 42.2 Å². The van der Waals surface area contributed by atoms with Crippen LogP contribution in [0.4, 0.5) is 4.79 Å². The average Bonchev–Trinajstić information content (AvgIpc) is 4.12. The van der Waals surface area contributed by atoms with Crippen LogP contribution in [-0.4, -0.2) is 126 Å². The third-order valence-electron chi connectivity index (χ3n) is 15.0. The molecule has 9 rings (SSSR count). The van der Waals surface area contributed by atoms with Crippen LogP contribution in [0.15, 0.2) is 146 Å². The van der Waals surface area contributed by atoms with Crippen LogP contribution in [0.2, 0.25) is 0 Å². The summed E-state index contributed by atoms with van der Waals surface area (Å²) in [5.74, 6) is -3.49. The molecule has 0 unspecified atom stereocenters. The lowest BCUT2D eigenvalue weighted by atomic mass is 9.90. The zero-order valence-corrected chi connectivity index (χ0v) is 44.6. The highest BCUT2D eigenvalue weighted by atomic mass is 16.6. The molecule has 1 aromatic heterocycles. The molecule has 19 nitrogen and oxygen atoms in total. The molecule has 3 aliphatic heterocycles. The maximum Gasteiger partial charge on any atom is 0.407 e. The van der Waals surface area contributed by atoms with Crippen molar-refractivity contribution < 1.29 is 43.0 Å². The van der Waals surface area contributed by atoms with E-state index in [4.69, 9.17) is 15.2 Å². The molecular formula is C61H70N10O9. The van der Waals surface area contributed by atoms with Crippen molar-refractivity contribution >= 4 is 52.4 Å². The molecule has 418 valence electrons. The number of aromatic amines is 1. The number of carbonyl (C=O) groups is 7. The molecule has 0 saturated carbocycles. The van der Waals surface area contributed by atoms with Crippen molar-refractivity contribution in [1.82, 2.24) is 47.1 Å². The van der Waals surface area contributed by atoms with Crippen molar-refractivity contribution in [3.63, 3.8) is 0 Å². The van der Waals surface area contributed by atoms with E-state index in [9.17, 15) is 4.79 Å². The fraction of sp³-hybridized carbons (Fsp3) is 0.361. The highest BCUT2D eigenvalue weighted by Gasteiger charge is 2.45. The number of hydrogen-bond acceptors (Lipinski definition) is 11. The van der Waals surface area contributed by atoms with Crippen LogP contribution in [0.1, 0.15) is 53.5 Å². The Morgan fingerprint density at radius 3 is 1.71 bits per heavy atom. The molecule has 3 fully saturated rings. The van der Waals surface area contributed by atoms with Gasteiger partial charge in [-0.25, -0.2) is 4.79 Å². The number of nitrogens with zero attached hydrogens (tertiary/aromatic N) is 1. The van der Waals surface area contributed by atoms with E-state index in [1.54, 1.807) is 79.0 Å². The predicted octanol–water partition coefficient (Wildman–Crippen LogP) is 3.50. The highest BCUT2D eigenvalue weighted by Crippen LogP contribution is 2.26. The van der Waals surface area contributed by atoms with Gasteiger partial charge in [-0.15, -0.1) is 0 Å². The molecule has 4 heterocycles. The topological polar surface area (TPSA) is 267 Å². The van der Waals surface area contributed by atoms with Gasteiger partial charge in [-0.3, -0.25) is 28.8 Å². The summed E-state index contributed by atoms with van der Waals surface area (Å²) in [6.45, 7) is 1.76. The minimum Gasteiger partial charge on any atom is -0.489 e. The molecule has 5 aromatic carbocycles. The van der Waals surface area contributed by atoms with Crippen LogP contribution in [-0.2, 0) is 65.8 Å². The highest BCUT2D eigenvalue weighted by molar-refractivity contribution is 5.99. The molecule has 10 N–H and O–H groups in total. The normalized spacial score (nSPS) is 22.6. The summed E-state index contributed by atoms with van der Waals surface area (Å²) in [5.41, 5.74) is 10.2. The van der Waals surface area contributed by atoms with Crippen LogP contribution in [0.25, 0.3) is 10.9 Å². The van der Waals surface area contributed by atoms with E-state index in [1.807, 2.05) is 66.7 Å². The van der Waals surface area contributed by atoms with Gasteiger partial charge in [0.05, 0.1) is 6.54 Å². The molecule has 0 radical (unpaired) electrons. The first-order chi connectivity index (χ1) is 39.0. The first-order valence-corrected chi connectivity index (χ1v) is 27.5. The summed E-state index contributed by atoms with van der Waals surface area (Å²) < 4.78 is 11.8. The van der Waals surface area contributed by atoms with Crippen LogP contribution >= 0.6 is 0 Å². The van der Waals surface area contributed by atoms with Gasteiger partial charge < -0.3 is 62.3 Å². The average molecular weight is 1090 g/mol. The number of para-hydroxylation sites is 1. The summed E-state index contributed by atoms with van der Waals surface area (Å²) in [4.78, 5) is 109. The molecule has 6 aromatic rings. The van der Waals surface area contributed by atoms with Gasteiger partial charge in [0.1, 0.15) is 54.7 Å². The standard InChI is InChI=1S/C61H70N10O9/c62-26-29-64-61(78)80-46-35-54-59(76)69-51(30-39-12-4-1-5-13-39)56(73)68-52(34-44-36-65-48-19-11-10-18-47(44)48)58(75)67-50(32-42-24-27-63-28-25-42)55(72)66-49(31-41-20-22-45(23-21-41)79-38-43-16-8-3-9-17-43)57(74)70-53(60(77)71(54)37-46)33-40-14-6-2-7-15-40/h1-23,36,42,46,49-54,63,65H,24-35,37-38,62H2,(H,64,78)(H,66,72)(H,67,75)(H,68,73)(H,69,76)(H,70,74)/t46-,49+,50+,51+,52-,53+,54+/m1/s1. The first kappa shape index (κ1) is 56.2. The number of carbonyl (C=O) groups excluding carboxylic acids is 7. The Hall–Kier alpha value is -8.55. The monoisotopic (exact) mass is 1090 g/mol. The van der Waals surface area contributed by atoms with Gasteiger partial charge in [0.2, 0.25) is 35.4 Å². The molecule has 0 aliphatic carbocycles. The third-order valence-corrected chi connectivity index (χ3v) is 15.0. The van der Waals surface area contributed by atoms with Crippen LogP contribution < -0.4 is 47.7 Å². The summed E-state index contributed by atoms with van der Waals surface area (Å²) >= 11 is 0. The largest absolute Gasteiger partial charge is 0.489 e. The number of hydrogen-bond donors (Lipinski definition) is 9. The number of fused-ring (bicyclic) bond motifs is 2. The Morgan fingerprint density at radius 1 is 0.575 bits per heavy atom. The lowest BCUT2D eigenvalue weighted by Crippen LogP contribution is -2.62. The van der Waals surface area contributed by atoms with Gasteiger partial charge in [0.15, 0.2) is 0 Å². The second kappa shape index (κ2) is 27.4. The Kier molecular flexibility index (Phi) is 19.2. The Labute approximate surface area is 464 Å². The summed E-state index contributed by atoms with van der Waals surface area (Å²) in [6.07, 6.45) is 1.39. The minimum atomic E-state index is -1.32. The maximum atomic E-state index is 15.4. The predicted molar refractivity (Wildman–Crippen MR) is 301 cm³/mol. The van der Waals surface area contributed by atoms with Gasteiger partial charge in [-0.05, 0) is 84.3 Å². The number of nitrogens with one attached hydrogen (secondary N) is 8. The molecule has 0 spiro atoms. The van der Waals surface area contributed by atoms with Gasteiger partial charge in [-0.1, -0.05) is 121 Å². The number of amides is 7. The number of H-pyrrole nitrogens is 1. The molecule has 0 bridgehead atoms. The van der Waals surface area contributed by atoms with E-state index in [0.29, 0.717) is 47.7 Å². The Morgan fingerprint density at radius 2 is 1.09 bits per heavy atom. The van der Waals surface area contributed by atoms with Crippen molar-refractivity contribution in [3.05, 3.63) is 174 Å². The van der Waals surface area contributed by atoms with E-state index in [-0.39, 0.29) is 64.1 Å². The second-order valence-corrected chi connectivity index (χ2v) is 20.8. The van der Waals surface area contributed by atoms with Crippen molar-refractivity contribution in [2.24, 2.45) is 11.7 Å². The van der Waals surface area contributed by atoms with Gasteiger partial charge in [-0.2, -0.15) is 0 Å². The number of aromatic nitrogens is 1. The maximum absolute atomic E-state index is 15.4. The number of alkyl carbamates (subject to hydrolysis) is 1. The Balaban J connectivity index is 1.11. The van der Waals surface area contributed by atoms with Crippen molar-refractivity contribution in [2.75, 3.05) is 32.7 Å². The first-order valence-electron chi connectivity index (χ1n) is 27.5. The minimum absolute atomic E-state index is 0.00816. The molecule has 19 heteroatoms. The van der Waals surface area contributed by atoms with Gasteiger partial charge in [0.25, 0.3) is 0 Å². The molecule has 7 atom stereocenters. The molecule has 80 heavy (non-hydrogen) atoms. The number of ether oxygens (including phenoxy) is 2. The Bertz CT molecular complexity index is 3070. The van der Waals surface area contributed by atoms with Crippen LogP contribution in [0.5, 0.6) is 5.75 Å². The quantitative estimate of drug-likeness (QED) is 0.0678. The number of nitrogens with two attached hydrogens (primary N) is 1. The number of rotatable bonds is 16. The van der Waals surface area contributed by atoms with E-state index >= 15 is 28.8 Å². The van der Waals surface area contributed by atoms with E-state index in [0.717, 1.165) is 29.3 Å². The molecule has 7 amide bonds. The summed E-state index contributed by atoms with van der Waals surface area (Å²) in [6, 6.07) is 34.8. The lowest BCUT2D eigenvalue weighted by molar-refractivity contribution is -0.143. The fourth-order valence-electron chi connectivity index (χ4n) is 10.7. The van der Waals surface area contributed by atoms with Crippen molar-refractivity contribution in [2.45, 2.75) is 100 Å². The summed E-state index contributed by atoms with van der Waals surface area (Å²) in [7, 11) is 0. The molecular weight excluding hydrogens is 1020 g/mol. The third kappa shape index (κ3) is 15.2. The second-order valence-electron chi connectivity index (χ2n) is 20.8. The van der Waals surface area contributed by atoms with Crippen LogP contribution in [0.3, 0.4) is 0 Å². The van der Waals surface area contributed by atoms with Crippen molar-refractivity contribution in [1.29, 1.82) is 0 Å². The number of benzene rings is 5. The van der Waals surface area contributed by atoms with E-state index < -0.39 is 83.9 Å². The molecule has 3 aliphatic rings.